The lowest BCUT2D eigenvalue weighted by Gasteiger charge is -2.37. The van der Waals surface area contributed by atoms with Gasteiger partial charge in [0.25, 0.3) is 5.91 Å². The largest absolute Gasteiger partial charge is 0.388 e. The van der Waals surface area contributed by atoms with Crippen LogP contribution in [0.15, 0.2) is 60.7 Å². The van der Waals surface area contributed by atoms with Crippen LogP contribution in [0.5, 0.6) is 0 Å². The molecule has 1 aliphatic carbocycles. The van der Waals surface area contributed by atoms with Gasteiger partial charge >= 0.3 is 0 Å². The second-order valence-electron chi connectivity index (χ2n) is 15.2. The highest BCUT2D eigenvalue weighted by molar-refractivity contribution is 6.05. The Labute approximate surface area is 331 Å². The zero-order valence-corrected chi connectivity index (χ0v) is 32.9. The van der Waals surface area contributed by atoms with Gasteiger partial charge in [-0.15, -0.1) is 0 Å². The van der Waals surface area contributed by atoms with E-state index in [9.17, 15) is 24.0 Å². The molecule has 0 radical (unpaired) electrons. The third-order valence-corrected chi connectivity index (χ3v) is 11.0. The van der Waals surface area contributed by atoms with Crippen molar-refractivity contribution in [3.63, 3.8) is 0 Å². The average molecular weight is 774 g/mol. The minimum atomic E-state index is -1.28. The van der Waals surface area contributed by atoms with Crippen LogP contribution >= 0.6 is 0 Å². The predicted molar refractivity (Wildman–Crippen MR) is 217 cm³/mol. The molecular weight excluding hydrogens is 711 g/mol. The standard InChI is InChI=1S/C42H63N9O5/c1-47-34(27-30-16-7-3-8-17-30)38(52)49-33(20-11-12-23-43)41(55)50-25-13-21-35(50)42(56)51(40(54)32(44)26-29-14-5-2-6-15-29)36(28-31-18-9-4-10-19-31)39(53)48-24-22-37(45)46/h3-4,7-10,16-19,29,32-36,47H,2,5-6,11-15,20-28,43-44H2,1H3,(H3,45,46)(H,48,53)(H,49,52)/t32-,33+,34+,35+,36+/m1/s1. The molecule has 14 nitrogen and oxygen atoms in total. The summed E-state index contributed by atoms with van der Waals surface area (Å²) in [4.78, 5) is 74.3. The fourth-order valence-corrected chi connectivity index (χ4v) is 7.90. The number of nitrogens with zero attached hydrogens (tertiary/aromatic N) is 2. The molecule has 0 unspecified atom stereocenters. The van der Waals surface area contributed by atoms with Gasteiger partial charge in [-0.05, 0) is 75.6 Å². The molecular formula is C42H63N9O5. The number of rotatable bonds is 21. The second kappa shape index (κ2) is 22.8. The first-order chi connectivity index (χ1) is 27.0. The third kappa shape index (κ3) is 13.0. The zero-order chi connectivity index (χ0) is 40.5. The quantitative estimate of drug-likeness (QED) is 0.0559. The van der Waals surface area contributed by atoms with Crippen LogP contribution in [0.1, 0.15) is 88.2 Å². The van der Waals surface area contributed by atoms with E-state index in [1.54, 1.807) is 7.05 Å². The average Bonchev–Trinajstić information content (AvgIpc) is 3.70. The number of likely N-dealkylation sites (tertiary alicyclic amines) is 1. The van der Waals surface area contributed by atoms with Crippen molar-refractivity contribution in [2.45, 2.75) is 120 Å². The van der Waals surface area contributed by atoms with E-state index >= 15 is 0 Å². The molecule has 1 saturated heterocycles. The summed E-state index contributed by atoms with van der Waals surface area (Å²) in [6.45, 7) is 0.699. The maximum atomic E-state index is 15.0. The van der Waals surface area contributed by atoms with Crippen LogP contribution in [0.3, 0.4) is 0 Å². The fourth-order valence-electron chi connectivity index (χ4n) is 7.90. The van der Waals surface area contributed by atoms with Gasteiger partial charge in [-0.3, -0.25) is 34.3 Å². The van der Waals surface area contributed by atoms with Crippen LogP contribution in [0.4, 0.5) is 0 Å². The summed E-state index contributed by atoms with van der Waals surface area (Å²) < 4.78 is 0. The van der Waals surface area contributed by atoms with E-state index < -0.39 is 53.8 Å². The molecule has 0 bridgehead atoms. The molecule has 2 aromatic carbocycles. The van der Waals surface area contributed by atoms with E-state index in [2.05, 4.69) is 16.0 Å². The molecule has 1 heterocycles. The number of hydrogen-bond donors (Lipinski definition) is 7. The van der Waals surface area contributed by atoms with Crippen molar-refractivity contribution in [3.8, 4) is 0 Å². The van der Waals surface area contributed by atoms with Gasteiger partial charge in [0.2, 0.25) is 23.6 Å². The SMILES string of the molecule is CN[C@@H](Cc1ccccc1)C(=O)N[C@@H](CCCCN)C(=O)N1CCC[C@H]1C(=O)N(C(=O)[C@H](N)CC1CCCCC1)[C@@H](Cc1ccccc1)C(=O)NCCC(=N)N. The molecule has 5 atom stereocenters. The van der Waals surface area contributed by atoms with Crippen molar-refractivity contribution < 1.29 is 24.0 Å². The number of carbonyl (C=O) groups is 5. The lowest BCUT2D eigenvalue weighted by atomic mass is 9.84. The molecule has 2 fully saturated rings. The molecule has 1 aliphatic heterocycles. The number of imide groups is 1. The lowest BCUT2D eigenvalue weighted by molar-refractivity contribution is -0.158. The van der Waals surface area contributed by atoms with Crippen LogP contribution in [-0.2, 0) is 36.8 Å². The first kappa shape index (κ1) is 44.1. The number of hydrogen-bond acceptors (Lipinski definition) is 9. The van der Waals surface area contributed by atoms with Gasteiger partial charge in [-0.1, -0.05) is 92.8 Å². The normalized spacial score (nSPS) is 18.0. The molecule has 14 heteroatoms. The maximum absolute atomic E-state index is 15.0. The molecule has 4 rings (SSSR count). The first-order valence-corrected chi connectivity index (χ1v) is 20.3. The number of benzene rings is 2. The van der Waals surface area contributed by atoms with Crippen LogP contribution < -0.4 is 33.2 Å². The van der Waals surface area contributed by atoms with Crippen molar-refractivity contribution in [1.29, 1.82) is 5.41 Å². The third-order valence-electron chi connectivity index (χ3n) is 11.0. The summed E-state index contributed by atoms with van der Waals surface area (Å²) in [5.74, 6) is -2.58. The van der Waals surface area contributed by atoms with Crippen LogP contribution in [0, 0.1) is 11.3 Å². The monoisotopic (exact) mass is 773 g/mol. The van der Waals surface area contributed by atoms with Crippen LogP contribution in [0.2, 0.25) is 0 Å². The minimum absolute atomic E-state index is 0.0195. The first-order valence-electron chi connectivity index (χ1n) is 20.3. The van der Waals surface area contributed by atoms with Crippen molar-refractivity contribution in [2.75, 3.05) is 26.7 Å². The Hall–Kier alpha value is -4.66. The Balaban J connectivity index is 1.65. The molecule has 5 amide bonds. The highest BCUT2D eigenvalue weighted by Gasteiger charge is 2.45. The van der Waals surface area contributed by atoms with E-state index in [0.717, 1.165) is 48.1 Å². The van der Waals surface area contributed by atoms with Gasteiger partial charge in [-0.25, -0.2) is 0 Å². The molecule has 0 aromatic heterocycles. The zero-order valence-electron chi connectivity index (χ0n) is 32.9. The molecule has 2 aliphatic rings. The van der Waals surface area contributed by atoms with Crippen LogP contribution in [-0.4, -0.2) is 102 Å². The van der Waals surface area contributed by atoms with Gasteiger partial charge in [0, 0.05) is 25.9 Å². The summed E-state index contributed by atoms with van der Waals surface area (Å²) in [6.07, 6.45) is 8.29. The van der Waals surface area contributed by atoms with Crippen molar-refractivity contribution in [1.82, 2.24) is 25.8 Å². The van der Waals surface area contributed by atoms with E-state index in [1.165, 1.54) is 4.90 Å². The summed E-state index contributed by atoms with van der Waals surface area (Å²) in [5.41, 5.74) is 19.7. The number of nitrogens with two attached hydrogens (primary N) is 3. The number of carbonyl (C=O) groups excluding carboxylic acids is 5. The number of amidine groups is 1. The molecule has 0 spiro atoms. The van der Waals surface area contributed by atoms with E-state index in [1.807, 2.05) is 60.7 Å². The Morgan fingerprint density at radius 2 is 1.50 bits per heavy atom. The van der Waals surface area contributed by atoms with Gasteiger partial charge in [-0.2, -0.15) is 0 Å². The van der Waals surface area contributed by atoms with Gasteiger partial charge in [0.1, 0.15) is 18.1 Å². The molecule has 306 valence electrons. The molecule has 10 N–H and O–H groups in total. The predicted octanol–water partition coefficient (Wildman–Crippen LogP) is 2.13. The summed E-state index contributed by atoms with van der Waals surface area (Å²) >= 11 is 0. The van der Waals surface area contributed by atoms with Gasteiger partial charge in [0.05, 0.1) is 17.9 Å². The number of unbranched alkanes of at least 4 members (excludes halogenated alkanes) is 1. The van der Waals surface area contributed by atoms with Crippen LogP contribution in [0.25, 0.3) is 0 Å². The van der Waals surface area contributed by atoms with Gasteiger partial charge < -0.3 is 38.1 Å². The summed E-state index contributed by atoms with van der Waals surface area (Å²) in [7, 11) is 1.69. The Kier molecular flexibility index (Phi) is 17.9. The Bertz CT molecular complexity index is 1590. The van der Waals surface area contributed by atoms with Crippen molar-refractivity contribution >= 4 is 35.4 Å². The maximum Gasteiger partial charge on any atom is 0.252 e. The van der Waals surface area contributed by atoms with Gasteiger partial charge in [0.15, 0.2) is 0 Å². The molecule has 1 saturated carbocycles. The number of amides is 5. The van der Waals surface area contributed by atoms with E-state index in [0.29, 0.717) is 45.1 Å². The molecule has 56 heavy (non-hydrogen) atoms. The number of likely N-dealkylation sites (N-methyl/N-ethyl adjacent to an activating group) is 1. The smallest absolute Gasteiger partial charge is 0.252 e. The topological polar surface area (TPSA) is 230 Å². The lowest BCUT2D eigenvalue weighted by Crippen LogP contribution is -2.62. The fraction of sp³-hybridized carbons (Fsp3) is 0.571. The van der Waals surface area contributed by atoms with E-state index in [4.69, 9.17) is 22.6 Å². The summed E-state index contributed by atoms with van der Waals surface area (Å²) in [6, 6.07) is 13.8. The summed E-state index contributed by atoms with van der Waals surface area (Å²) in [5, 5.41) is 16.4. The van der Waals surface area contributed by atoms with Crippen molar-refractivity contribution in [2.24, 2.45) is 23.1 Å². The second-order valence-corrected chi connectivity index (χ2v) is 15.2. The Morgan fingerprint density at radius 3 is 2.11 bits per heavy atom. The van der Waals surface area contributed by atoms with E-state index in [-0.39, 0.29) is 50.0 Å². The Morgan fingerprint density at radius 1 is 0.857 bits per heavy atom. The highest BCUT2D eigenvalue weighted by atomic mass is 16.2. The molecule has 2 aromatic rings. The highest BCUT2D eigenvalue weighted by Crippen LogP contribution is 2.29. The number of nitrogens with one attached hydrogen (secondary N) is 4. The van der Waals surface area contributed by atoms with Crippen molar-refractivity contribution in [3.05, 3.63) is 71.8 Å². The minimum Gasteiger partial charge on any atom is -0.388 e.